The lowest BCUT2D eigenvalue weighted by Gasteiger charge is -2.18. The molecule has 0 aliphatic carbocycles. The Bertz CT molecular complexity index is 888. The number of rotatable bonds is 4. The number of halogens is 1. The van der Waals surface area contributed by atoms with Crippen molar-refractivity contribution in [2.24, 2.45) is 0 Å². The van der Waals surface area contributed by atoms with Gasteiger partial charge in [-0.1, -0.05) is 42.5 Å². The van der Waals surface area contributed by atoms with Crippen molar-refractivity contribution in [3.8, 4) is 0 Å². The van der Waals surface area contributed by atoms with E-state index >= 15 is 0 Å². The lowest BCUT2D eigenvalue weighted by molar-refractivity contribution is -0.125. The Morgan fingerprint density at radius 1 is 1.12 bits per heavy atom. The van der Waals surface area contributed by atoms with E-state index in [4.69, 9.17) is 9.29 Å². The van der Waals surface area contributed by atoms with Crippen LogP contribution in [0.3, 0.4) is 0 Å². The molecule has 0 fully saturated rings. The third-order valence-electron chi connectivity index (χ3n) is 4.01. The van der Waals surface area contributed by atoms with Crippen LogP contribution in [-0.2, 0) is 26.4 Å². The molecular weight excluding hydrogens is 343 g/mol. The van der Waals surface area contributed by atoms with Gasteiger partial charge in [-0.3, -0.25) is 4.79 Å². The minimum atomic E-state index is -2.13. The first kappa shape index (κ1) is 17.5. The molecule has 130 valence electrons. The zero-order chi connectivity index (χ0) is 18.2. The zero-order valence-electron chi connectivity index (χ0n) is 13.8. The van der Waals surface area contributed by atoms with Crippen LogP contribution in [0.2, 0.25) is 0 Å². The lowest BCUT2D eigenvalue weighted by atomic mass is 9.92. The molecule has 1 unspecified atom stereocenters. The summed E-state index contributed by atoms with van der Waals surface area (Å²) in [5, 5.41) is 0. The first-order valence-electron chi connectivity index (χ1n) is 7.69. The van der Waals surface area contributed by atoms with Gasteiger partial charge in [0.25, 0.3) is 0 Å². The fourth-order valence-electron chi connectivity index (χ4n) is 2.77. The molecule has 0 aromatic heterocycles. The normalized spacial score (nSPS) is 17.5. The number of hydrogen-bond acceptors (Lipinski definition) is 3. The Kier molecular flexibility index (Phi) is 4.58. The van der Waals surface area contributed by atoms with Crippen LogP contribution in [0.1, 0.15) is 30.5 Å². The van der Waals surface area contributed by atoms with Crippen LogP contribution in [0, 0.1) is 5.82 Å². The second-order valence-corrected chi connectivity index (χ2v) is 7.22. The van der Waals surface area contributed by atoms with Gasteiger partial charge >= 0.3 is 0 Å². The van der Waals surface area contributed by atoms with Crippen LogP contribution < -0.4 is 0 Å². The third kappa shape index (κ3) is 3.41. The molecule has 3 rings (SSSR count). The fourth-order valence-corrected chi connectivity index (χ4v) is 3.27. The van der Waals surface area contributed by atoms with Crippen molar-refractivity contribution in [1.82, 2.24) is 0 Å². The van der Waals surface area contributed by atoms with E-state index in [9.17, 15) is 13.4 Å². The maximum absolute atomic E-state index is 14.3. The predicted molar refractivity (Wildman–Crippen MR) is 94.3 cm³/mol. The van der Waals surface area contributed by atoms with Gasteiger partial charge in [0.1, 0.15) is 11.6 Å². The molecule has 0 saturated heterocycles. The smallest absolute Gasteiger partial charge is 0.210 e. The van der Waals surface area contributed by atoms with E-state index in [-0.39, 0.29) is 17.1 Å². The highest BCUT2D eigenvalue weighted by atomic mass is 32.2. The van der Waals surface area contributed by atoms with Crippen molar-refractivity contribution in [2.45, 2.75) is 25.2 Å². The van der Waals surface area contributed by atoms with E-state index in [1.54, 1.807) is 32.0 Å². The molecule has 4 nitrogen and oxygen atoms in total. The van der Waals surface area contributed by atoms with E-state index in [0.29, 0.717) is 22.5 Å². The second-order valence-electron chi connectivity index (χ2n) is 6.28. The van der Waals surface area contributed by atoms with E-state index in [1.807, 2.05) is 18.2 Å². The number of carbonyl (C=O) groups is 1. The van der Waals surface area contributed by atoms with Crippen molar-refractivity contribution in [2.75, 3.05) is 0 Å². The maximum Gasteiger partial charge on any atom is 0.210 e. The van der Waals surface area contributed by atoms with Gasteiger partial charge in [-0.25, -0.2) is 8.60 Å². The molecule has 0 radical (unpaired) electrons. The molecule has 0 bridgehead atoms. The van der Waals surface area contributed by atoms with Crippen LogP contribution in [0.15, 0.2) is 48.5 Å². The number of benzene rings is 2. The molecule has 0 saturated carbocycles. The van der Waals surface area contributed by atoms with Gasteiger partial charge in [-0.15, -0.1) is 0 Å². The van der Waals surface area contributed by atoms with Crippen LogP contribution >= 0.6 is 0 Å². The molecule has 0 amide bonds. The van der Waals surface area contributed by atoms with Gasteiger partial charge < -0.3 is 9.29 Å². The number of carbonyl (C=O) groups excluding carboxylic acids is 1. The van der Waals surface area contributed by atoms with Crippen molar-refractivity contribution in [1.29, 1.82) is 0 Å². The Balaban J connectivity index is 2.12. The topological polar surface area (TPSA) is 63.6 Å². The second kappa shape index (κ2) is 6.54. The zero-order valence-corrected chi connectivity index (χ0v) is 14.6. The van der Waals surface area contributed by atoms with Crippen molar-refractivity contribution < 1.29 is 22.7 Å². The van der Waals surface area contributed by atoms with E-state index in [1.165, 1.54) is 12.1 Å². The molecule has 0 spiro atoms. The number of Topliss-reactive ketones (excluding diaryl/α,β-unsaturated/α-hetero) is 1. The van der Waals surface area contributed by atoms with Gasteiger partial charge in [0.05, 0.1) is 11.3 Å². The minimum Gasteiger partial charge on any atom is -0.478 e. The minimum absolute atomic E-state index is 0.134. The molecule has 1 atom stereocenters. The summed E-state index contributed by atoms with van der Waals surface area (Å²) in [5.74, 6) is -0.755. The van der Waals surface area contributed by atoms with Crippen LogP contribution in [0.5, 0.6) is 0 Å². The van der Waals surface area contributed by atoms with E-state index < -0.39 is 22.5 Å². The SMILES string of the molecule is CC1(C)OC(c2ccc(CS(=O)O)c(F)c2)=C(c2ccccc2)C1=O. The highest BCUT2D eigenvalue weighted by Crippen LogP contribution is 2.41. The van der Waals surface area contributed by atoms with Gasteiger partial charge in [-0.2, -0.15) is 0 Å². The predicted octanol–water partition coefficient (Wildman–Crippen LogP) is 3.79. The highest BCUT2D eigenvalue weighted by Gasteiger charge is 2.42. The average Bonchev–Trinajstić information content (AvgIpc) is 2.80. The van der Waals surface area contributed by atoms with E-state index in [2.05, 4.69) is 0 Å². The number of hydrogen-bond donors (Lipinski definition) is 1. The van der Waals surface area contributed by atoms with Gasteiger partial charge in [-0.05, 0) is 25.5 Å². The molecule has 25 heavy (non-hydrogen) atoms. The molecule has 1 aliphatic heterocycles. The molecule has 1 N–H and O–H groups in total. The molecule has 2 aromatic carbocycles. The monoisotopic (exact) mass is 360 g/mol. The van der Waals surface area contributed by atoms with Crippen molar-refractivity contribution in [3.05, 3.63) is 71.0 Å². The molecular formula is C19H17FO4S. The van der Waals surface area contributed by atoms with Gasteiger partial charge in [0.2, 0.25) is 5.78 Å². The van der Waals surface area contributed by atoms with E-state index in [0.717, 1.165) is 0 Å². The largest absolute Gasteiger partial charge is 0.478 e. The van der Waals surface area contributed by atoms with Crippen LogP contribution in [0.25, 0.3) is 11.3 Å². The first-order valence-corrected chi connectivity index (χ1v) is 8.97. The molecule has 2 aromatic rings. The molecule has 6 heteroatoms. The molecule has 1 heterocycles. The maximum atomic E-state index is 14.3. The quantitative estimate of drug-likeness (QED) is 0.843. The van der Waals surface area contributed by atoms with Crippen LogP contribution in [0.4, 0.5) is 4.39 Å². The van der Waals surface area contributed by atoms with Crippen molar-refractivity contribution in [3.63, 3.8) is 0 Å². The fraction of sp³-hybridized carbons (Fsp3) is 0.211. The van der Waals surface area contributed by atoms with Gasteiger partial charge in [0.15, 0.2) is 16.7 Å². The summed E-state index contributed by atoms with van der Waals surface area (Å²) in [5.41, 5.74) is 0.623. The number of ketones is 1. The Labute approximate surface area is 147 Å². The lowest BCUT2D eigenvalue weighted by Crippen LogP contribution is -2.29. The highest BCUT2D eigenvalue weighted by molar-refractivity contribution is 7.78. The molecule has 1 aliphatic rings. The van der Waals surface area contributed by atoms with Gasteiger partial charge in [0, 0.05) is 11.1 Å². The summed E-state index contributed by atoms with van der Waals surface area (Å²) in [6, 6.07) is 13.4. The Morgan fingerprint density at radius 2 is 1.80 bits per heavy atom. The van der Waals surface area contributed by atoms with Crippen molar-refractivity contribution >= 4 is 28.2 Å². The summed E-state index contributed by atoms with van der Waals surface area (Å²) in [4.78, 5) is 12.8. The summed E-state index contributed by atoms with van der Waals surface area (Å²) in [6.07, 6.45) is 0. The summed E-state index contributed by atoms with van der Waals surface area (Å²) in [6.45, 7) is 3.34. The Hall–Kier alpha value is -2.31. The average molecular weight is 360 g/mol. The first-order chi connectivity index (χ1) is 11.8. The summed E-state index contributed by atoms with van der Waals surface area (Å²) >= 11 is -2.13. The summed E-state index contributed by atoms with van der Waals surface area (Å²) < 4.78 is 39.9. The Morgan fingerprint density at radius 3 is 2.40 bits per heavy atom. The van der Waals surface area contributed by atoms with Crippen LogP contribution in [-0.4, -0.2) is 20.1 Å². The standard InChI is InChI=1S/C19H17FO4S/c1-19(2)18(21)16(12-6-4-3-5-7-12)17(24-19)13-8-9-14(11-25(22)23)15(20)10-13/h3-10H,11H2,1-2H3,(H,22,23). The number of ether oxygens (including phenoxy) is 1. The third-order valence-corrected chi connectivity index (χ3v) is 4.57. The summed E-state index contributed by atoms with van der Waals surface area (Å²) in [7, 11) is 0.